The van der Waals surface area contributed by atoms with Crippen molar-refractivity contribution in [2.45, 2.75) is 141 Å². The van der Waals surface area contributed by atoms with Gasteiger partial charge in [-0.1, -0.05) is 185 Å². The molecule has 0 unspecified atom stereocenters. The van der Waals surface area contributed by atoms with Crippen molar-refractivity contribution in [3.05, 3.63) is 204 Å². The maximum atomic E-state index is 13.4. The fraction of sp³-hybridized carbons (Fsp3) is 0.394. The van der Waals surface area contributed by atoms with Crippen molar-refractivity contribution in [3.63, 3.8) is 0 Å². The van der Waals surface area contributed by atoms with Crippen molar-refractivity contribution < 1.29 is 39.3 Å². The standard InChI is InChI=1S/C35H42BNO5.C29H29NO3.2CH4/c1-31(2,40)34(21-14-22-36-41-32(3,4)33(5,6)42-36)23-37(29(34)30(38)39)35(24-15-8-7-9-16-24)27-19-12-10-17-25(27)26-18-11-13-20-28(26)35;1-4-18-28(27(2,3)33)19-30(25(28)26(31)32)29(20-12-6-5-7-13-20)23-16-10-8-14-21(23)22-15-9-11-17-24(22)29;;/h7-13,15-20,29,40H,14,21-23H2,1-6H3,(H,38,39);4-17,25,33H,1,18-19H2,2-3H3,(H,31,32);2*1H4/t29-,34+;25-,28+;;/m11../s1. The van der Waals surface area contributed by atoms with E-state index in [2.05, 4.69) is 89.2 Å². The molecule has 2 aliphatic carbocycles. The summed E-state index contributed by atoms with van der Waals surface area (Å²) in [6, 6.07) is 51.7. The zero-order chi connectivity index (χ0) is 53.6. The molecule has 11 heteroatoms. The summed E-state index contributed by atoms with van der Waals surface area (Å²) in [5, 5.41) is 44.5. The fourth-order valence-electron chi connectivity index (χ4n) is 14.0. The maximum absolute atomic E-state index is 13.4. The Morgan fingerprint density at radius 2 is 0.870 bits per heavy atom. The molecule has 0 saturated carbocycles. The molecule has 3 aliphatic heterocycles. The molecule has 0 radical (unpaired) electrons. The summed E-state index contributed by atoms with van der Waals surface area (Å²) in [4.78, 5) is 30.5. The molecule has 0 spiro atoms. The Kier molecular flexibility index (Phi) is 15.0. The third-order valence-corrected chi connectivity index (χ3v) is 18.4. The van der Waals surface area contributed by atoms with Crippen molar-refractivity contribution in [3.8, 4) is 22.3 Å². The second-order valence-corrected chi connectivity index (χ2v) is 23.6. The van der Waals surface area contributed by atoms with Crippen LogP contribution in [-0.2, 0) is 30.0 Å². The summed E-state index contributed by atoms with van der Waals surface area (Å²) in [5.74, 6) is -1.85. The van der Waals surface area contributed by atoms with Crippen molar-refractivity contribution in [2.24, 2.45) is 10.8 Å². The lowest BCUT2D eigenvalue weighted by atomic mass is 9.56. The van der Waals surface area contributed by atoms with E-state index in [9.17, 15) is 30.0 Å². The highest BCUT2D eigenvalue weighted by molar-refractivity contribution is 6.45. The smallest absolute Gasteiger partial charge is 0.457 e. The lowest BCUT2D eigenvalue weighted by Gasteiger charge is -2.65. The number of carboxylic acids is 2. The van der Waals surface area contributed by atoms with Crippen molar-refractivity contribution in [1.29, 1.82) is 0 Å². The van der Waals surface area contributed by atoms with Crippen LogP contribution < -0.4 is 0 Å². The van der Waals surface area contributed by atoms with Crippen LogP contribution in [0.1, 0.15) is 123 Å². The topological polar surface area (TPSA) is 140 Å². The van der Waals surface area contributed by atoms with E-state index in [1.165, 1.54) is 0 Å². The second kappa shape index (κ2) is 20.2. The van der Waals surface area contributed by atoms with Crippen LogP contribution in [0.15, 0.2) is 170 Å². The molecule has 6 aromatic rings. The molecule has 3 saturated heterocycles. The lowest BCUT2D eigenvalue weighted by molar-refractivity contribution is -0.222. The molecular weight excluding hydrogens is 960 g/mol. The lowest BCUT2D eigenvalue weighted by Crippen LogP contribution is -2.78. The number of benzene rings is 6. The molecule has 3 heterocycles. The summed E-state index contributed by atoms with van der Waals surface area (Å²) in [6.07, 6.45) is 3.98. The molecule has 0 amide bonds. The summed E-state index contributed by atoms with van der Waals surface area (Å²) < 4.78 is 12.5. The highest BCUT2D eigenvalue weighted by Gasteiger charge is 2.71. The van der Waals surface area contributed by atoms with Gasteiger partial charge < -0.3 is 29.7 Å². The first-order valence-electron chi connectivity index (χ1n) is 26.5. The number of nitrogens with zero attached hydrogens (tertiary/aromatic N) is 2. The summed E-state index contributed by atoms with van der Waals surface area (Å²) in [6.45, 7) is 19.9. The van der Waals surface area contributed by atoms with Crippen LogP contribution in [0, 0.1) is 10.8 Å². The second-order valence-electron chi connectivity index (χ2n) is 23.6. The zero-order valence-electron chi connectivity index (χ0n) is 44.6. The molecule has 11 rings (SSSR count). The molecule has 4 N–H and O–H groups in total. The Morgan fingerprint density at radius 3 is 1.19 bits per heavy atom. The molecule has 404 valence electrons. The number of carbonyl (C=O) groups is 2. The minimum absolute atomic E-state index is 0. The monoisotopic (exact) mass is 1040 g/mol. The first kappa shape index (κ1) is 57.0. The van der Waals surface area contributed by atoms with E-state index in [4.69, 9.17) is 9.31 Å². The minimum Gasteiger partial charge on any atom is -0.480 e. The predicted molar refractivity (Wildman–Crippen MR) is 309 cm³/mol. The molecule has 3 fully saturated rings. The van der Waals surface area contributed by atoms with Gasteiger partial charge in [-0.2, -0.15) is 0 Å². The largest absolute Gasteiger partial charge is 0.480 e. The van der Waals surface area contributed by atoms with Gasteiger partial charge >= 0.3 is 19.1 Å². The Labute approximate surface area is 457 Å². The van der Waals surface area contributed by atoms with Crippen LogP contribution in [0.3, 0.4) is 0 Å². The number of aliphatic hydroxyl groups is 2. The fourth-order valence-corrected chi connectivity index (χ4v) is 14.0. The Morgan fingerprint density at radius 1 is 0.558 bits per heavy atom. The van der Waals surface area contributed by atoms with Gasteiger partial charge in [0.15, 0.2) is 0 Å². The number of hydrogen-bond acceptors (Lipinski definition) is 8. The van der Waals surface area contributed by atoms with Crippen molar-refractivity contribution >= 4 is 19.1 Å². The number of rotatable bonds is 14. The number of fused-ring (bicyclic) bond motifs is 6. The number of aliphatic carboxylic acids is 2. The van der Waals surface area contributed by atoms with Gasteiger partial charge in [0.2, 0.25) is 0 Å². The van der Waals surface area contributed by atoms with Gasteiger partial charge in [0, 0.05) is 23.9 Å². The first-order valence-corrected chi connectivity index (χ1v) is 26.5. The van der Waals surface area contributed by atoms with Gasteiger partial charge in [0.25, 0.3) is 0 Å². The molecule has 0 bridgehead atoms. The van der Waals surface area contributed by atoms with Gasteiger partial charge in [0.05, 0.1) is 33.5 Å². The summed E-state index contributed by atoms with van der Waals surface area (Å²) in [7, 11) is -0.363. The van der Waals surface area contributed by atoms with E-state index in [0.29, 0.717) is 38.7 Å². The SMILES string of the molecule is C.C.C=CC[C@]1(C(C)(C)O)CN(C2(c3ccccc3)c3ccccc3-c3ccccc32)[C@@H]1C(=O)O.CC1(C)OB(CCC[C@]2(C(C)(C)O)CN(C3(c4ccccc4)c4ccccc4-c4ccccc43)[C@@H]2C(=O)O)OC1(C)C. The van der Waals surface area contributed by atoms with Crippen LogP contribution in [0.25, 0.3) is 22.3 Å². The van der Waals surface area contributed by atoms with Crippen LogP contribution in [0.2, 0.25) is 6.32 Å². The predicted octanol–water partition coefficient (Wildman–Crippen LogP) is 12.7. The normalized spacial score (nSPS) is 23.9. The summed E-state index contributed by atoms with van der Waals surface area (Å²) >= 11 is 0. The Hall–Kier alpha value is -6.18. The number of allylic oxidation sites excluding steroid dienone is 1. The Balaban J connectivity index is 0.000000204. The van der Waals surface area contributed by atoms with Gasteiger partial charge in [-0.3, -0.25) is 19.4 Å². The number of hydrogen-bond donors (Lipinski definition) is 4. The van der Waals surface area contributed by atoms with E-state index in [0.717, 1.165) is 55.6 Å². The molecule has 4 atom stereocenters. The molecule has 10 nitrogen and oxygen atoms in total. The van der Waals surface area contributed by atoms with Crippen LogP contribution >= 0.6 is 0 Å². The van der Waals surface area contributed by atoms with Gasteiger partial charge in [-0.15, -0.1) is 6.58 Å². The van der Waals surface area contributed by atoms with Crippen molar-refractivity contribution in [2.75, 3.05) is 13.1 Å². The van der Waals surface area contributed by atoms with E-state index in [1.54, 1.807) is 33.8 Å². The molecular formula is C66H79BN2O8. The minimum atomic E-state index is -1.24. The molecule has 5 aliphatic rings. The van der Waals surface area contributed by atoms with E-state index in [-0.39, 0.29) is 22.0 Å². The number of likely N-dealkylation sites (tertiary alicyclic amines) is 2. The van der Waals surface area contributed by atoms with E-state index >= 15 is 0 Å². The van der Waals surface area contributed by atoms with Gasteiger partial charge in [0.1, 0.15) is 12.1 Å². The van der Waals surface area contributed by atoms with Crippen LogP contribution in [-0.4, -0.2) is 96.9 Å². The van der Waals surface area contributed by atoms with Crippen LogP contribution in [0.5, 0.6) is 0 Å². The third-order valence-electron chi connectivity index (χ3n) is 18.4. The Bertz CT molecular complexity index is 3040. The maximum Gasteiger partial charge on any atom is 0.457 e. The van der Waals surface area contributed by atoms with Crippen LogP contribution in [0.4, 0.5) is 0 Å². The quantitative estimate of drug-likeness (QED) is 0.0616. The van der Waals surface area contributed by atoms with Gasteiger partial charge in [-0.25, -0.2) is 0 Å². The highest BCUT2D eigenvalue weighted by atomic mass is 16.7. The highest BCUT2D eigenvalue weighted by Crippen LogP contribution is 2.64. The average molecular weight is 1040 g/mol. The number of carboxylic acid groups (broad SMARTS) is 2. The first-order chi connectivity index (χ1) is 35.5. The van der Waals surface area contributed by atoms with E-state index < -0.39 is 68.3 Å². The molecule has 77 heavy (non-hydrogen) atoms. The zero-order valence-corrected chi connectivity index (χ0v) is 44.6. The molecule has 0 aromatic heterocycles. The third kappa shape index (κ3) is 8.38. The average Bonchev–Trinajstić information content (AvgIpc) is 3.89. The molecule has 6 aromatic carbocycles. The van der Waals surface area contributed by atoms with Crippen molar-refractivity contribution in [1.82, 2.24) is 9.80 Å². The summed E-state index contributed by atoms with van der Waals surface area (Å²) in [5.41, 5.74) is 4.22. The van der Waals surface area contributed by atoms with Gasteiger partial charge in [-0.05, 0) is 130 Å². The van der Waals surface area contributed by atoms with E-state index in [1.807, 2.05) is 113 Å².